The number of ether oxygens (including phenoxy) is 7. The van der Waals surface area contributed by atoms with Crippen LogP contribution in [-0.4, -0.2) is 85.3 Å². The number of nitrogens with one attached hydrogen (secondary N) is 1. The van der Waals surface area contributed by atoms with Gasteiger partial charge in [-0.15, -0.1) is 0 Å². The summed E-state index contributed by atoms with van der Waals surface area (Å²) in [6.07, 6.45) is -4.48. The topological polar surface area (TPSA) is 93.7 Å². The molecule has 0 fully saturated rings. The number of hydrogen-bond donors (Lipinski definition) is 1. The van der Waals surface area contributed by atoms with Crippen molar-refractivity contribution < 1.29 is 51.1 Å². The molecule has 0 aliphatic heterocycles. The first-order valence-corrected chi connectivity index (χ1v) is 18.8. The summed E-state index contributed by atoms with van der Waals surface area (Å²) in [4.78, 5) is 12.7. The molecule has 5 aromatic rings. The summed E-state index contributed by atoms with van der Waals surface area (Å²) in [6, 6.07) is 41.8. The Balaban J connectivity index is 0.872. The third kappa shape index (κ3) is 13.5. The lowest BCUT2D eigenvalue weighted by Gasteiger charge is -2.36. The van der Waals surface area contributed by atoms with Gasteiger partial charge in [-0.25, -0.2) is 4.79 Å². The third-order valence-corrected chi connectivity index (χ3v) is 8.65. The highest BCUT2D eigenvalue weighted by Gasteiger charge is 2.37. The van der Waals surface area contributed by atoms with Crippen LogP contribution >= 0.6 is 0 Å². The van der Waals surface area contributed by atoms with Crippen molar-refractivity contribution in [3.05, 3.63) is 167 Å². The van der Waals surface area contributed by atoms with E-state index in [4.69, 9.17) is 33.2 Å². The molecule has 0 amide bonds. The number of carbonyl (C=O) groups is 1. The van der Waals surface area contributed by atoms with Gasteiger partial charge in [0.2, 0.25) is 0 Å². The van der Waals surface area contributed by atoms with Crippen LogP contribution in [0.25, 0.3) is 0 Å². The van der Waals surface area contributed by atoms with Crippen molar-refractivity contribution in [3.8, 4) is 0 Å². The van der Waals surface area contributed by atoms with Crippen LogP contribution in [0.4, 0.5) is 24.5 Å². The number of halogens is 3. The molecule has 0 radical (unpaired) electrons. The van der Waals surface area contributed by atoms with Gasteiger partial charge >= 0.3 is 12.1 Å². The first-order valence-electron chi connectivity index (χ1n) is 18.8. The minimum absolute atomic E-state index is 0.00384. The van der Waals surface area contributed by atoms with Crippen molar-refractivity contribution in [1.82, 2.24) is 0 Å². The summed E-state index contributed by atoms with van der Waals surface area (Å²) in [5.41, 5.74) is 2.25. The van der Waals surface area contributed by atoms with Crippen LogP contribution in [0.1, 0.15) is 32.6 Å². The second-order valence-corrected chi connectivity index (χ2v) is 12.6. The number of carbonyl (C=O) groups excluding carboxylic acids is 1. The van der Waals surface area contributed by atoms with Gasteiger partial charge in [0.1, 0.15) is 12.2 Å². The van der Waals surface area contributed by atoms with Gasteiger partial charge in [0.05, 0.1) is 89.5 Å². The number of rotatable bonds is 25. The van der Waals surface area contributed by atoms with E-state index in [0.29, 0.717) is 71.8 Å². The lowest BCUT2D eigenvalue weighted by atomic mass is 9.80. The molecule has 0 spiro atoms. The highest BCUT2D eigenvalue weighted by Crippen LogP contribution is 2.40. The SMILES string of the molecule is O=C(OCCOCCOCCOCCOCCOCCOC(c1ccccc1)(c1ccccc1)c1ccccc1)c1ccccc1Nc1cccc(C(F)(F)F)c1. The van der Waals surface area contributed by atoms with E-state index in [0.717, 1.165) is 28.8 Å². The molecule has 57 heavy (non-hydrogen) atoms. The van der Waals surface area contributed by atoms with Crippen LogP contribution < -0.4 is 5.32 Å². The van der Waals surface area contributed by atoms with Crippen LogP contribution in [0.15, 0.2) is 140 Å². The fourth-order valence-electron chi connectivity index (χ4n) is 5.97. The summed E-state index contributed by atoms with van der Waals surface area (Å²) >= 11 is 0. The summed E-state index contributed by atoms with van der Waals surface area (Å²) in [6.45, 7) is 4.04. The van der Waals surface area contributed by atoms with Gasteiger partial charge in [0, 0.05) is 5.69 Å². The number of anilines is 2. The first-order chi connectivity index (χ1) is 27.9. The molecule has 1 N–H and O–H groups in total. The number of para-hydroxylation sites is 1. The average molecular weight is 788 g/mol. The second-order valence-electron chi connectivity index (χ2n) is 12.6. The van der Waals surface area contributed by atoms with Gasteiger partial charge in [0.15, 0.2) is 0 Å². The van der Waals surface area contributed by atoms with E-state index in [1.807, 2.05) is 54.6 Å². The van der Waals surface area contributed by atoms with E-state index in [9.17, 15) is 18.0 Å². The summed E-state index contributed by atoms with van der Waals surface area (Å²) in [5, 5.41) is 2.87. The number of alkyl halides is 3. The Kier molecular flexibility index (Phi) is 17.5. The van der Waals surface area contributed by atoms with Gasteiger partial charge in [-0.1, -0.05) is 109 Å². The van der Waals surface area contributed by atoms with Crippen molar-refractivity contribution in [2.45, 2.75) is 11.8 Å². The Bertz CT molecular complexity index is 1780. The van der Waals surface area contributed by atoms with Gasteiger partial charge in [-0.05, 0) is 47.0 Å². The average Bonchev–Trinajstić information content (AvgIpc) is 3.24. The quantitative estimate of drug-likeness (QED) is 0.0354. The molecule has 0 heterocycles. The van der Waals surface area contributed by atoms with Crippen molar-refractivity contribution in [2.24, 2.45) is 0 Å². The van der Waals surface area contributed by atoms with E-state index >= 15 is 0 Å². The minimum atomic E-state index is -4.48. The van der Waals surface area contributed by atoms with Crippen LogP contribution in [0.3, 0.4) is 0 Å². The summed E-state index contributed by atoms with van der Waals surface area (Å²) in [5.74, 6) is -0.628. The van der Waals surface area contributed by atoms with E-state index in [1.54, 1.807) is 18.2 Å². The lowest BCUT2D eigenvalue weighted by molar-refractivity contribution is -0.137. The zero-order chi connectivity index (χ0) is 40.0. The van der Waals surface area contributed by atoms with E-state index in [1.165, 1.54) is 18.2 Å². The molecule has 0 saturated heterocycles. The van der Waals surface area contributed by atoms with Crippen LogP contribution in [-0.2, 0) is 44.9 Å². The Hall–Kier alpha value is -5.08. The third-order valence-electron chi connectivity index (χ3n) is 8.65. The Morgan fingerprint density at radius 1 is 0.456 bits per heavy atom. The number of benzene rings is 5. The Morgan fingerprint density at radius 2 is 0.860 bits per heavy atom. The molecule has 0 aromatic heterocycles. The molecule has 0 saturated carbocycles. The predicted octanol–water partition coefficient (Wildman–Crippen LogP) is 8.70. The number of esters is 1. The highest BCUT2D eigenvalue weighted by atomic mass is 19.4. The summed E-state index contributed by atoms with van der Waals surface area (Å²) < 4.78 is 79.3. The zero-order valence-corrected chi connectivity index (χ0v) is 31.7. The maximum absolute atomic E-state index is 13.1. The van der Waals surface area contributed by atoms with E-state index < -0.39 is 23.3 Å². The van der Waals surface area contributed by atoms with Crippen molar-refractivity contribution >= 4 is 17.3 Å². The fraction of sp³-hybridized carbons (Fsp3) is 0.311. The summed E-state index contributed by atoms with van der Waals surface area (Å²) in [7, 11) is 0. The highest BCUT2D eigenvalue weighted by molar-refractivity contribution is 5.96. The molecule has 5 aromatic carbocycles. The first kappa shape index (κ1) is 43.1. The van der Waals surface area contributed by atoms with Gasteiger partial charge in [0.25, 0.3) is 0 Å². The van der Waals surface area contributed by atoms with Gasteiger partial charge in [-0.3, -0.25) is 0 Å². The maximum atomic E-state index is 13.1. The van der Waals surface area contributed by atoms with Crippen LogP contribution in [0.5, 0.6) is 0 Å². The van der Waals surface area contributed by atoms with E-state index in [-0.39, 0.29) is 24.5 Å². The predicted molar refractivity (Wildman–Crippen MR) is 211 cm³/mol. The molecular formula is C45H48F3NO8. The molecule has 0 unspecified atom stereocenters. The molecule has 0 bridgehead atoms. The molecule has 12 heteroatoms. The lowest BCUT2D eigenvalue weighted by Crippen LogP contribution is -2.34. The molecule has 0 aliphatic rings. The van der Waals surface area contributed by atoms with Crippen LogP contribution in [0, 0.1) is 0 Å². The zero-order valence-electron chi connectivity index (χ0n) is 31.7. The van der Waals surface area contributed by atoms with Crippen molar-refractivity contribution in [2.75, 3.05) is 84.6 Å². The largest absolute Gasteiger partial charge is 0.460 e. The monoisotopic (exact) mass is 787 g/mol. The smallest absolute Gasteiger partial charge is 0.416 e. The molecule has 9 nitrogen and oxygen atoms in total. The maximum Gasteiger partial charge on any atom is 0.416 e. The molecular weight excluding hydrogens is 739 g/mol. The Labute approximate surface area is 331 Å². The van der Waals surface area contributed by atoms with Crippen LogP contribution in [0.2, 0.25) is 0 Å². The number of hydrogen-bond acceptors (Lipinski definition) is 9. The van der Waals surface area contributed by atoms with Gasteiger partial charge < -0.3 is 38.5 Å². The Morgan fingerprint density at radius 3 is 1.33 bits per heavy atom. The molecule has 5 rings (SSSR count). The van der Waals surface area contributed by atoms with Crippen molar-refractivity contribution in [3.63, 3.8) is 0 Å². The minimum Gasteiger partial charge on any atom is -0.460 e. The molecule has 302 valence electrons. The molecule has 0 atom stereocenters. The standard InChI is InChI=1S/C45H48F3NO8/c46-45(47,48)39-19-12-20-40(35-39)49-42-22-11-10-21-41(42)43(50)56-33-31-54-29-27-52-25-23-51-24-26-53-28-30-55-32-34-57-44(36-13-4-1-5-14-36,37-15-6-2-7-16-37)38-17-8-3-9-18-38/h1-22,35,49H,23-34H2. The fourth-order valence-corrected chi connectivity index (χ4v) is 5.97. The van der Waals surface area contributed by atoms with E-state index in [2.05, 4.69) is 41.7 Å². The van der Waals surface area contributed by atoms with Crippen molar-refractivity contribution in [1.29, 1.82) is 0 Å². The van der Waals surface area contributed by atoms with Gasteiger partial charge in [-0.2, -0.15) is 13.2 Å². The normalized spacial score (nSPS) is 11.7. The second kappa shape index (κ2) is 23.2. The molecule has 0 aliphatic carbocycles.